The van der Waals surface area contributed by atoms with E-state index in [-0.39, 0.29) is 11.6 Å². The van der Waals surface area contributed by atoms with Gasteiger partial charge in [0.25, 0.3) is 0 Å². The summed E-state index contributed by atoms with van der Waals surface area (Å²) in [5, 5.41) is 5.64. The van der Waals surface area contributed by atoms with Gasteiger partial charge in [-0.2, -0.15) is 0 Å². The topological polar surface area (TPSA) is 54.0 Å². The average molecular weight is 279 g/mol. The van der Waals surface area contributed by atoms with Crippen molar-refractivity contribution in [3.8, 4) is 0 Å². The van der Waals surface area contributed by atoms with Gasteiger partial charge in [-0.3, -0.25) is 4.79 Å². The van der Waals surface area contributed by atoms with Gasteiger partial charge in [0.05, 0.1) is 23.4 Å². The van der Waals surface area contributed by atoms with Crippen LogP contribution in [0.5, 0.6) is 0 Å². The molecule has 100 valence electrons. The first-order valence-electron chi connectivity index (χ1n) is 5.76. The van der Waals surface area contributed by atoms with Crippen molar-refractivity contribution >= 4 is 28.6 Å². The predicted molar refractivity (Wildman–Crippen MR) is 74.9 cm³/mol. The number of thiazole rings is 1. The molecule has 6 heteroatoms. The fourth-order valence-electron chi connectivity index (χ4n) is 1.60. The normalized spacial score (nSPS) is 10.3. The van der Waals surface area contributed by atoms with Crippen LogP contribution in [0.4, 0.5) is 15.8 Å². The third kappa shape index (κ3) is 3.51. The molecule has 0 aliphatic heterocycles. The number of anilines is 2. The summed E-state index contributed by atoms with van der Waals surface area (Å²) < 4.78 is 13.5. The molecule has 19 heavy (non-hydrogen) atoms. The lowest BCUT2D eigenvalue weighted by atomic mass is 10.2. The third-order valence-corrected chi connectivity index (χ3v) is 3.51. The first-order valence-corrected chi connectivity index (χ1v) is 6.64. The molecule has 0 fully saturated rings. The van der Waals surface area contributed by atoms with Crippen LogP contribution < -0.4 is 10.6 Å². The minimum atomic E-state index is -0.449. The van der Waals surface area contributed by atoms with Crippen LogP contribution >= 0.6 is 11.3 Å². The van der Waals surface area contributed by atoms with Gasteiger partial charge in [0.1, 0.15) is 5.82 Å². The summed E-state index contributed by atoms with van der Waals surface area (Å²) in [6.45, 7) is 3.92. The first-order chi connectivity index (χ1) is 9.06. The Hall–Kier alpha value is -1.95. The molecule has 1 aromatic carbocycles. The van der Waals surface area contributed by atoms with Crippen molar-refractivity contribution in [3.05, 3.63) is 40.1 Å². The first kappa shape index (κ1) is 13.5. The second-order valence-corrected chi connectivity index (χ2v) is 5.03. The average Bonchev–Trinajstić information content (AvgIpc) is 2.75. The number of aryl methyl sites for hydroxylation is 1. The molecule has 0 aliphatic carbocycles. The van der Waals surface area contributed by atoms with Crippen LogP contribution in [0.1, 0.15) is 17.5 Å². The lowest BCUT2D eigenvalue weighted by Gasteiger charge is -2.09. The lowest BCUT2D eigenvalue weighted by molar-refractivity contribution is -0.114. The van der Waals surface area contributed by atoms with Crippen molar-refractivity contribution in [3.63, 3.8) is 0 Å². The zero-order chi connectivity index (χ0) is 13.8. The monoisotopic (exact) mass is 279 g/mol. The molecule has 0 bridgehead atoms. The van der Waals surface area contributed by atoms with Crippen molar-refractivity contribution in [2.24, 2.45) is 0 Å². The molecule has 0 spiro atoms. The van der Waals surface area contributed by atoms with E-state index in [9.17, 15) is 9.18 Å². The summed E-state index contributed by atoms with van der Waals surface area (Å²) in [6, 6.07) is 4.54. The van der Waals surface area contributed by atoms with E-state index in [0.717, 1.165) is 16.3 Å². The number of benzene rings is 1. The molecule has 2 rings (SSSR count). The standard InChI is InChI=1S/C13H14FN3OS/c1-8-13(19-7-16-8)6-15-10-3-4-11(14)12(5-10)17-9(2)18/h3-5,7,15H,6H2,1-2H3,(H,17,18). The van der Waals surface area contributed by atoms with Gasteiger partial charge in [-0.15, -0.1) is 11.3 Å². The van der Waals surface area contributed by atoms with E-state index in [2.05, 4.69) is 15.6 Å². The molecule has 2 aromatic rings. The highest BCUT2D eigenvalue weighted by Gasteiger charge is 2.06. The second kappa shape index (κ2) is 5.79. The Balaban J connectivity index is 2.08. The SMILES string of the molecule is CC(=O)Nc1cc(NCc2scnc2C)ccc1F. The van der Waals surface area contributed by atoms with Gasteiger partial charge in [-0.05, 0) is 25.1 Å². The lowest BCUT2D eigenvalue weighted by Crippen LogP contribution is -2.08. The van der Waals surface area contributed by atoms with Gasteiger partial charge in [0, 0.05) is 17.5 Å². The minimum absolute atomic E-state index is 0.179. The number of rotatable bonds is 4. The Morgan fingerprint density at radius 3 is 2.89 bits per heavy atom. The quantitative estimate of drug-likeness (QED) is 0.904. The Morgan fingerprint density at radius 1 is 1.47 bits per heavy atom. The summed E-state index contributed by atoms with van der Waals surface area (Å²) in [6.07, 6.45) is 0. The molecule has 1 aromatic heterocycles. The summed E-state index contributed by atoms with van der Waals surface area (Å²) in [7, 11) is 0. The maximum atomic E-state index is 13.5. The maximum Gasteiger partial charge on any atom is 0.221 e. The molecule has 0 unspecified atom stereocenters. The van der Waals surface area contributed by atoms with Gasteiger partial charge in [0.15, 0.2) is 0 Å². The molecule has 0 atom stereocenters. The van der Waals surface area contributed by atoms with E-state index in [1.807, 2.05) is 6.92 Å². The van der Waals surface area contributed by atoms with Gasteiger partial charge >= 0.3 is 0 Å². The molecule has 0 radical (unpaired) electrons. The summed E-state index contributed by atoms with van der Waals surface area (Å²) in [5.41, 5.74) is 3.71. The predicted octanol–water partition coefficient (Wildman–Crippen LogP) is 3.16. The smallest absolute Gasteiger partial charge is 0.221 e. The Kier molecular flexibility index (Phi) is 4.11. The molecule has 2 N–H and O–H groups in total. The van der Waals surface area contributed by atoms with E-state index in [1.165, 1.54) is 13.0 Å². The largest absolute Gasteiger partial charge is 0.380 e. The number of aromatic nitrogens is 1. The number of nitrogens with zero attached hydrogens (tertiary/aromatic N) is 1. The Labute approximate surface area is 114 Å². The molecule has 0 saturated carbocycles. The summed E-state index contributed by atoms with van der Waals surface area (Å²) in [5.74, 6) is -0.746. The van der Waals surface area contributed by atoms with Crippen LogP contribution in [0.15, 0.2) is 23.7 Å². The highest BCUT2D eigenvalue weighted by Crippen LogP contribution is 2.21. The fourth-order valence-corrected chi connectivity index (χ4v) is 2.32. The molecule has 4 nitrogen and oxygen atoms in total. The van der Waals surface area contributed by atoms with Crippen LogP contribution in [-0.4, -0.2) is 10.9 Å². The van der Waals surface area contributed by atoms with Crippen molar-refractivity contribution in [2.45, 2.75) is 20.4 Å². The second-order valence-electron chi connectivity index (χ2n) is 4.09. The molecule has 1 heterocycles. The number of amides is 1. The molecule has 0 aliphatic rings. The number of hydrogen-bond acceptors (Lipinski definition) is 4. The van der Waals surface area contributed by atoms with Crippen LogP contribution in [0, 0.1) is 12.7 Å². The van der Waals surface area contributed by atoms with Crippen molar-refractivity contribution in [2.75, 3.05) is 10.6 Å². The molecular weight excluding hydrogens is 265 g/mol. The molecule has 0 saturated heterocycles. The van der Waals surface area contributed by atoms with Crippen LogP contribution in [0.25, 0.3) is 0 Å². The number of carbonyl (C=O) groups is 1. The van der Waals surface area contributed by atoms with E-state index >= 15 is 0 Å². The minimum Gasteiger partial charge on any atom is -0.380 e. The van der Waals surface area contributed by atoms with Crippen LogP contribution in [0.3, 0.4) is 0 Å². The highest BCUT2D eigenvalue weighted by atomic mass is 32.1. The number of nitrogens with one attached hydrogen (secondary N) is 2. The van der Waals surface area contributed by atoms with E-state index in [0.29, 0.717) is 6.54 Å². The molecule has 1 amide bonds. The Morgan fingerprint density at radius 2 is 2.26 bits per heavy atom. The van der Waals surface area contributed by atoms with Gasteiger partial charge < -0.3 is 10.6 Å². The van der Waals surface area contributed by atoms with E-state index < -0.39 is 5.82 Å². The van der Waals surface area contributed by atoms with Crippen molar-refractivity contribution in [1.82, 2.24) is 4.98 Å². The highest BCUT2D eigenvalue weighted by molar-refractivity contribution is 7.09. The van der Waals surface area contributed by atoms with Gasteiger partial charge in [0.2, 0.25) is 5.91 Å². The summed E-state index contributed by atoms with van der Waals surface area (Å²) in [4.78, 5) is 16.3. The van der Waals surface area contributed by atoms with Crippen LogP contribution in [-0.2, 0) is 11.3 Å². The Bertz CT molecular complexity index is 597. The zero-order valence-electron chi connectivity index (χ0n) is 10.7. The van der Waals surface area contributed by atoms with Crippen molar-refractivity contribution < 1.29 is 9.18 Å². The van der Waals surface area contributed by atoms with Crippen LogP contribution in [0.2, 0.25) is 0 Å². The zero-order valence-corrected chi connectivity index (χ0v) is 11.5. The van der Waals surface area contributed by atoms with E-state index in [1.54, 1.807) is 29.0 Å². The van der Waals surface area contributed by atoms with Gasteiger partial charge in [-0.1, -0.05) is 0 Å². The number of carbonyl (C=O) groups excluding carboxylic acids is 1. The number of halogens is 1. The number of hydrogen-bond donors (Lipinski definition) is 2. The van der Waals surface area contributed by atoms with E-state index in [4.69, 9.17) is 0 Å². The maximum absolute atomic E-state index is 13.5. The third-order valence-electron chi connectivity index (χ3n) is 2.57. The van der Waals surface area contributed by atoms with Crippen molar-refractivity contribution in [1.29, 1.82) is 0 Å². The molecular formula is C13H14FN3OS. The van der Waals surface area contributed by atoms with Gasteiger partial charge in [-0.25, -0.2) is 9.37 Å². The summed E-state index contributed by atoms with van der Waals surface area (Å²) >= 11 is 1.57. The fraction of sp³-hybridized carbons (Fsp3) is 0.231.